The second-order valence-corrected chi connectivity index (χ2v) is 2.35. The number of nitro groups is 1. The number of hydrogen-bond donors (Lipinski definition) is 0. The first-order chi connectivity index (χ1) is 6.08. The van der Waals surface area contributed by atoms with E-state index in [4.69, 9.17) is 4.74 Å². The van der Waals surface area contributed by atoms with E-state index in [0.717, 1.165) is 0 Å². The lowest BCUT2D eigenvalue weighted by molar-refractivity contribution is -0.425. The van der Waals surface area contributed by atoms with Crippen molar-refractivity contribution in [2.45, 2.75) is 13.8 Å². The van der Waals surface area contributed by atoms with Gasteiger partial charge in [-0.25, -0.2) is 0 Å². The van der Waals surface area contributed by atoms with E-state index < -0.39 is 4.92 Å². The summed E-state index contributed by atoms with van der Waals surface area (Å²) in [6, 6.07) is 0. The first-order valence-electron chi connectivity index (χ1n) is 3.76. The van der Waals surface area contributed by atoms with Crippen molar-refractivity contribution in [1.82, 2.24) is 0 Å². The quantitative estimate of drug-likeness (QED) is 0.291. The average molecular weight is 183 g/mol. The molecule has 4 heteroatoms. The maximum Gasteiger partial charge on any atom is 0.313 e. The predicted octanol–water partition coefficient (Wildman–Crippen LogP) is 2.27. The SMILES string of the molecule is C=C/C(C)=C(\C(=C/C)OC)[N+](=O)[O-]. The van der Waals surface area contributed by atoms with Crippen LogP contribution in [0.1, 0.15) is 13.8 Å². The van der Waals surface area contributed by atoms with Gasteiger partial charge < -0.3 is 4.74 Å². The van der Waals surface area contributed by atoms with Crippen molar-refractivity contribution < 1.29 is 9.66 Å². The number of hydrogen-bond acceptors (Lipinski definition) is 3. The number of rotatable bonds is 4. The van der Waals surface area contributed by atoms with Crippen LogP contribution in [0.15, 0.2) is 35.8 Å². The summed E-state index contributed by atoms with van der Waals surface area (Å²) in [5.41, 5.74) is 0.444. The van der Waals surface area contributed by atoms with Gasteiger partial charge in [0.05, 0.1) is 12.0 Å². The zero-order valence-corrected chi connectivity index (χ0v) is 8.03. The smallest absolute Gasteiger partial charge is 0.313 e. The van der Waals surface area contributed by atoms with E-state index in [9.17, 15) is 10.1 Å². The molecule has 0 aromatic heterocycles. The molecule has 0 aliphatic heterocycles. The van der Waals surface area contributed by atoms with Gasteiger partial charge in [0.1, 0.15) is 0 Å². The monoisotopic (exact) mass is 183 g/mol. The fourth-order valence-electron chi connectivity index (χ4n) is 0.876. The molecule has 0 fully saturated rings. The highest BCUT2D eigenvalue weighted by atomic mass is 16.6. The van der Waals surface area contributed by atoms with Gasteiger partial charge in [0.15, 0.2) is 5.76 Å². The molecule has 72 valence electrons. The third-order valence-electron chi connectivity index (χ3n) is 1.58. The van der Waals surface area contributed by atoms with Crippen LogP contribution in [0.4, 0.5) is 0 Å². The van der Waals surface area contributed by atoms with Crippen molar-refractivity contribution in [2.24, 2.45) is 0 Å². The maximum absolute atomic E-state index is 10.6. The number of allylic oxidation sites excluding steroid dienone is 3. The molecule has 0 saturated carbocycles. The second-order valence-electron chi connectivity index (χ2n) is 2.35. The third-order valence-corrected chi connectivity index (χ3v) is 1.58. The van der Waals surface area contributed by atoms with Crippen LogP contribution < -0.4 is 0 Å². The molecule has 0 aliphatic rings. The van der Waals surface area contributed by atoms with Crippen molar-refractivity contribution in [2.75, 3.05) is 7.11 Å². The second kappa shape index (κ2) is 5.13. The molecule has 0 rings (SSSR count). The van der Waals surface area contributed by atoms with Crippen LogP contribution in [0.25, 0.3) is 0 Å². The molecular formula is C9H13NO3. The first kappa shape index (κ1) is 11.4. The summed E-state index contributed by atoms with van der Waals surface area (Å²) in [7, 11) is 1.40. The lowest BCUT2D eigenvalue weighted by Gasteiger charge is -2.03. The highest BCUT2D eigenvalue weighted by molar-refractivity contribution is 5.29. The van der Waals surface area contributed by atoms with E-state index in [1.807, 2.05) is 0 Å². The molecule has 0 saturated heterocycles. The van der Waals surface area contributed by atoms with E-state index in [2.05, 4.69) is 6.58 Å². The van der Waals surface area contributed by atoms with Crippen molar-refractivity contribution in [3.63, 3.8) is 0 Å². The Morgan fingerprint density at radius 1 is 1.62 bits per heavy atom. The Morgan fingerprint density at radius 2 is 2.15 bits per heavy atom. The lowest BCUT2D eigenvalue weighted by atomic mass is 10.2. The standard InChI is InChI=1S/C9H13NO3/c1-5-7(3)9(10(11)12)8(6-2)13-4/h5-6H,1H2,2-4H3/b8-6+,9-7+. The molecule has 0 N–H and O–H groups in total. The summed E-state index contributed by atoms with van der Waals surface area (Å²) < 4.78 is 4.86. The van der Waals surface area contributed by atoms with Crippen molar-refractivity contribution in [1.29, 1.82) is 0 Å². The van der Waals surface area contributed by atoms with Gasteiger partial charge >= 0.3 is 5.70 Å². The van der Waals surface area contributed by atoms with Gasteiger partial charge in [-0.15, -0.1) is 0 Å². The molecule has 0 aliphatic carbocycles. The number of ether oxygens (including phenoxy) is 1. The van der Waals surface area contributed by atoms with E-state index in [1.54, 1.807) is 19.9 Å². The van der Waals surface area contributed by atoms with Crippen molar-refractivity contribution in [3.05, 3.63) is 45.9 Å². The van der Waals surface area contributed by atoms with Crippen LogP contribution in [0.2, 0.25) is 0 Å². The summed E-state index contributed by atoms with van der Waals surface area (Å²) in [5.74, 6) is 0.252. The van der Waals surface area contributed by atoms with Gasteiger partial charge in [0, 0.05) is 5.57 Å². The Kier molecular flexibility index (Phi) is 4.51. The minimum atomic E-state index is -0.476. The molecule has 0 aromatic carbocycles. The van der Waals surface area contributed by atoms with E-state index >= 15 is 0 Å². The molecule has 13 heavy (non-hydrogen) atoms. The highest BCUT2D eigenvalue weighted by Gasteiger charge is 2.19. The van der Waals surface area contributed by atoms with Gasteiger partial charge in [-0.05, 0) is 19.9 Å². The lowest BCUT2D eigenvalue weighted by Crippen LogP contribution is -2.05. The molecule has 0 radical (unpaired) electrons. The van der Waals surface area contributed by atoms with Crippen LogP contribution in [-0.4, -0.2) is 12.0 Å². The van der Waals surface area contributed by atoms with Crippen LogP contribution in [0.3, 0.4) is 0 Å². The molecule has 0 unspecified atom stereocenters. The fourth-order valence-corrected chi connectivity index (χ4v) is 0.876. The minimum Gasteiger partial charge on any atom is -0.490 e. The summed E-state index contributed by atoms with van der Waals surface area (Å²) in [5, 5.41) is 10.6. The topological polar surface area (TPSA) is 52.4 Å². The van der Waals surface area contributed by atoms with Gasteiger partial charge in [0.25, 0.3) is 0 Å². The zero-order chi connectivity index (χ0) is 10.4. The summed E-state index contributed by atoms with van der Waals surface area (Å²) in [6.07, 6.45) is 2.98. The third kappa shape index (κ3) is 2.74. The van der Waals surface area contributed by atoms with E-state index in [-0.39, 0.29) is 11.5 Å². The Balaban J connectivity index is 5.27. The predicted molar refractivity (Wildman–Crippen MR) is 50.7 cm³/mol. The maximum atomic E-state index is 10.6. The van der Waals surface area contributed by atoms with Crippen LogP contribution in [0, 0.1) is 10.1 Å². The largest absolute Gasteiger partial charge is 0.490 e. The van der Waals surface area contributed by atoms with Crippen molar-refractivity contribution >= 4 is 0 Å². The summed E-state index contributed by atoms with van der Waals surface area (Å²) in [4.78, 5) is 10.2. The van der Waals surface area contributed by atoms with Crippen LogP contribution >= 0.6 is 0 Å². The van der Waals surface area contributed by atoms with Crippen molar-refractivity contribution in [3.8, 4) is 0 Å². The molecule has 0 amide bonds. The number of methoxy groups -OCH3 is 1. The Morgan fingerprint density at radius 3 is 2.38 bits per heavy atom. The normalized spacial score (nSPS) is 13.3. The molecule has 4 nitrogen and oxygen atoms in total. The molecule has 0 heterocycles. The van der Waals surface area contributed by atoms with Crippen LogP contribution in [-0.2, 0) is 4.74 Å². The average Bonchev–Trinajstić information content (AvgIpc) is 2.12. The Bertz CT molecular complexity index is 277. The molecule has 0 spiro atoms. The molecular weight excluding hydrogens is 170 g/mol. The Hall–Kier alpha value is -1.58. The molecule has 0 bridgehead atoms. The van der Waals surface area contributed by atoms with E-state index in [0.29, 0.717) is 5.57 Å². The van der Waals surface area contributed by atoms with E-state index in [1.165, 1.54) is 13.2 Å². The summed E-state index contributed by atoms with van der Waals surface area (Å²) in [6.45, 7) is 6.77. The number of nitrogens with zero attached hydrogens (tertiary/aromatic N) is 1. The Labute approximate surface area is 77.4 Å². The van der Waals surface area contributed by atoms with Gasteiger partial charge in [-0.3, -0.25) is 10.1 Å². The highest BCUT2D eigenvalue weighted by Crippen LogP contribution is 2.16. The minimum absolute atomic E-state index is 0.0417. The molecule has 0 atom stereocenters. The van der Waals surface area contributed by atoms with Gasteiger partial charge in [0.2, 0.25) is 0 Å². The first-order valence-corrected chi connectivity index (χ1v) is 3.76. The molecule has 0 aromatic rings. The van der Waals surface area contributed by atoms with Gasteiger partial charge in [-0.1, -0.05) is 12.7 Å². The fraction of sp³-hybridized carbons (Fsp3) is 0.333. The van der Waals surface area contributed by atoms with Crippen LogP contribution in [0.5, 0.6) is 0 Å². The summed E-state index contributed by atoms with van der Waals surface area (Å²) >= 11 is 0. The van der Waals surface area contributed by atoms with Gasteiger partial charge in [-0.2, -0.15) is 0 Å². The zero-order valence-electron chi connectivity index (χ0n) is 8.03.